The van der Waals surface area contributed by atoms with Crippen molar-refractivity contribution in [2.75, 3.05) is 14.2 Å². The van der Waals surface area contributed by atoms with E-state index in [2.05, 4.69) is 16.2 Å². The van der Waals surface area contributed by atoms with Gasteiger partial charge >= 0.3 is 0 Å². The zero-order valence-corrected chi connectivity index (χ0v) is 16.8. The monoisotopic (exact) mass is 430 g/mol. The highest BCUT2D eigenvalue weighted by Crippen LogP contribution is 2.27. The maximum Gasteiger partial charge on any atom is 0.270 e. The number of nitrogens with zero attached hydrogens (tertiary/aromatic N) is 1. The molecular formula is C19H18N4O6S. The zero-order valence-electron chi connectivity index (χ0n) is 16.0. The van der Waals surface area contributed by atoms with Crippen molar-refractivity contribution >= 4 is 40.9 Å². The van der Waals surface area contributed by atoms with E-state index in [0.29, 0.717) is 17.1 Å². The van der Waals surface area contributed by atoms with Crippen LogP contribution in [-0.2, 0) is 4.79 Å². The van der Waals surface area contributed by atoms with Gasteiger partial charge in [-0.25, -0.2) is 0 Å². The molecule has 0 fully saturated rings. The molecule has 0 aliphatic rings. The van der Waals surface area contributed by atoms with E-state index in [0.717, 1.165) is 6.07 Å². The Hall–Kier alpha value is -3.99. The minimum Gasteiger partial charge on any atom is -0.493 e. The maximum absolute atomic E-state index is 12.0. The summed E-state index contributed by atoms with van der Waals surface area (Å²) in [5, 5.41) is 13.0. The van der Waals surface area contributed by atoms with Crippen LogP contribution in [0.1, 0.15) is 15.9 Å². The molecule has 0 aromatic heterocycles. The molecule has 2 aromatic carbocycles. The third kappa shape index (κ3) is 6.27. The number of ether oxygens (including phenoxy) is 2. The van der Waals surface area contributed by atoms with Gasteiger partial charge in [-0.3, -0.25) is 35.9 Å². The van der Waals surface area contributed by atoms with Gasteiger partial charge in [0.05, 0.1) is 19.1 Å². The molecular weight excluding hydrogens is 412 g/mol. The fourth-order valence-corrected chi connectivity index (χ4v) is 2.41. The standard InChI is InChI=1S/C19H18N4O6S/c1-28-15-8-6-12(10-16(15)29-2)7-9-17(24)20-19(30)22-21-18(25)13-4-3-5-14(11-13)23(26)27/h3-11H,1-2H3,(H,21,25)(H2,20,22,24,30). The van der Waals surface area contributed by atoms with Crippen molar-refractivity contribution in [2.24, 2.45) is 0 Å². The molecule has 0 aliphatic carbocycles. The van der Waals surface area contributed by atoms with Crippen LogP contribution < -0.4 is 25.6 Å². The largest absolute Gasteiger partial charge is 0.493 e. The molecule has 30 heavy (non-hydrogen) atoms. The van der Waals surface area contributed by atoms with Gasteiger partial charge in [0.1, 0.15) is 0 Å². The van der Waals surface area contributed by atoms with E-state index in [1.165, 1.54) is 38.5 Å². The second-order valence-electron chi connectivity index (χ2n) is 5.65. The Labute approximate surface area is 177 Å². The number of rotatable bonds is 6. The highest BCUT2D eigenvalue weighted by molar-refractivity contribution is 7.80. The van der Waals surface area contributed by atoms with Gasteiger partial charge in [-0.1, -0.05) is 12.1 Å². The molecule has 0 saturated carbocycles. The average molecular weight is 430 g/mol. The lowest BCUT2D eigenvalue weighted by molar-refractivity contribution is -0.384. The predicted molar refractivity (Wildman–Crippen MR) is 113 cm³/mol. The van der Waals surface area contributed by atoms with Gasteiger partial charge in [0, 0.05) is 23.8 Å². The number of carbonyl (C=O) groups is 2. The molecule has 0 atom stereocenters. The van der Waals surface area contributed by atoms with Crippen LogP contribution >= 0.6 is 12.2 Å². The van der Waals surface area contributed by atoms with E-state index in [1.54, 1.807) is 24.3 Å². The fraction of sp³-hybridized carbons (Fsp3) is 0.105. The Morgan fingerprint density at radius 1 is 1.07 bits per heavy atom. The second-order valence-corrected chi connectivity index (χ2v) is 6.06. The lowest BCUT2D eigenvalue weighted by Crippen LogP contribution is -2.48. The molecule has 0 spiro atoms. The molecule has 0 aliphatic heterocycles. The van der Waals surface area contributed by atoms with E-state index < -0.39 is 16.7 Å². The van der Waals surface area contributed by atoms with Crippen LogP contribution in [0.2, 0.25) is 0 Å². The van der Waals surface area contributed by atoms with Crippen molar-refractivity contribution in [1.82, 2.24) is 16.2 Å². The quantitative estimate of drug-likeness (QED) is 0.274. The maximum atomic E-state index is 12.0. The summed E-state index contributed by atoms with van der Waals surface area (Å²) in [5.74, 6) is -0.117. The van der Waals surface area contributed by atoms with Crippen LogP contribution in [0.25, 0.3) is 6.08 Å². The zero-order chi connectivity index (χ0) is 22.1. The summed E-state index contributed by atoms with van der Waals surface area (Å²) in [7, 11) is 3.02. The van der Waals surface area contributed by atoms with Crippen LogP contribution in [0.4, 0.5) is 5.69 Å². The molecule has 156 valence electrons. The highest BCUT2D eigenvalue weighted by atomic mass is 32.1. The average Bonchev–Trinajstić information content (AvgIpc) is 2.75. The Morgan fingerprint density at radius 3 is 2.47 bits per heavy atom. The number of nitrogens with one attached hydrogen (secondary N) is 3. The second kappa shape index (κ2) is 10.5. The molecule has 2 amide bonds. The summed E-state index contributed by atoms with van der Waals surface area (Å²) in [5.41, 5.74) is 5.13. The number of thiocarbonyl (C=S) groups is 1. The smallest absolute Gasteiger partial charge is 0.270 e. The number of nitro groups is 1. The summed E-state index contributed by atoms with van der Waals surface area (Å²) in [4.78, 5) is 34.2. The van der Waals surface area contributed by atoms with E-state index >= 15 is 0 Å². The van der Waals surface area contributed by atoms with Gasteiger partial charge in [0.25, 0.3) is 11.6 Å². The molecule has 0 bridgehead atoms. The molecule has 0 saturated heterocycles. The molecule has 2 aromatic rings. The molecule has 11 heteroatoms. The van der Waals surface area contributed by atoms with Crippen molar-refractivity contribution in [3.05, 3.63) is 69.8 Å². The minimum atomic E-state index is -0.656. The van der Waals surface area contributed by atoms with Crippen molar-refractivity contribution < 1.29 is 24.0 Å². The van der Waals surface area contributed by atoms with E-state index in [1.807, 2.05) is 0 Å². The van der Waals surface area contributed by atoms with Crippen molar-refractivity contribution in [3.8, 4) is 11.5 Å². The van der Waals surface area contributed by atoms with Crippen LogP contribution in [0.3, 0.4) is 0 Å². The van der Waals surface area contributed by atoms with Gasteiger partial charge in [-0.15, -0.1) is 0 Å². The van der Waals surface area contributed by atoms with E-state index in [4.69, 9.17) is 21.7 Å². The Bertz CT molecular complexity index is 1010. The molecule has 0 unspecified atom stereocenters. The third-order valence-electron chi connectivity index (χ3n) is 3.68. The first-order valence-corrected chi connectivity index (χ1v) is 8.80. The normalized spacial score (nSPS) is 10.2. The number of nitro benzene ring substituents is 1. The Morgan fingerprint density at radius 2 is 1.80 bits per heavy atom. The van der Waals surface area contributed by atoms with Gasteiger partial charge in [-0.05, 0) is 42.1 Å². The van der Waals surface area contributed by atoms with Crippen LogP contribution in [0.15, 0.2) is 48.5 Å². The number of hydrazine groups is 1. The van der Waals surface area contributed by atoms with Crippen molar-refractivity contribution in [3.63, 3.8) is 0 Å². The number of benzene rings is 2. The number of amides is 2. The van der Waals surface area contributed by atoms with Crippen LogP contribution in [-0.4, -0.2) is 36.1 Å². The SMILES string of the molecule is COc1ccc(C=CC(=O)NC(=S)NNC(=O)c2cccc([N+](=O)[O-])c2)cc1OC. The topological polar surface area (TPSA) is 132 Å². The first-order chi connectivity index (χ1) is 14.3. The minimum absolute atomic E-state index is 0.0548. The number of hydrogen-bond donors (Lipinski definition) is 3. The summed E-state index contributed by atoms with van der Waals surface area (Å²) in [6.45, 7) is 0. The summed E-state index contributed by atoms with van der Waals surface area (Å²) in [6.07, 6.45) is 2.79. The number of carbonyl (C=O) groups excluding carboxylic acids is 2. The summed E-state index contributed by atoms with van der Waals surface area (Å²) in [6, 6.07) is 10.3. The Kier molecular flexibility index (Phi) is 7.82. The molecule has 0 heterocycles. The number of non-ortho nitro benzene ring substituents is 1. The third-order valence-corrected chi connectivity index (χ3v) is 3.88. The predicted octanol–water partition coefficient (Wildman–Crippen LogP) is 1.96. The number of hydrogen-bond acceptors (Lipinski definition) is 7. The molecule has 10 nitrogen and oxygen atoms in total. The van der Waals surface area contributed by atoms with Crippen molar-refractivity contribution in [1.29, 1.82) is 0 Å². The van der Waals surface area contributed by atoms with E-state index in [-0.39, 0.29) is 16.4 Å². The Balaban J connectivity index is 1.88. The molecule has 0 radical (unpaired) electrons. The fourth-order valence-electron chi connectivity index (χ4n) is 2.26. The molecule has 3 N–H and O–H groups in total. The lowest BCUT2D eigenvalue weighted by atomic mass is 10.2. The van der Waals surface area contributed by atoms with Gasteiger partial charge in [0.2, 0.25) is 5.91 Å². The summed E-state index contributed by atoms with van der Waals surface area (Å²) >= 11 is 4.93. The first kappa shape index (κ1) is 22.3. The van der Waals surface area contributed by atoms with E-state index in [9.17, 15) is 19.7 Å². The first-order valence-electron chi connectivity index (χ1n) is 8.40. The highest BCUT2D eigenvalue weighted by Gasteiger charge is 2.12. The molecule has 2 rings (SSSR count). The van der Waals surface area contributed by atoms with Gasteiger partial charge < -0.3 is 9.47 Å². The summed E-state index contributed by atoms with van der Waals surface area (Å²) < 4.78 is 10.3. The van der Waals surface area contributed by atoms with Crippen LogP contribution in [0, 0.1) is 10.1 Å². The van der Waals surface area contributed by atoms with Crippen LogP contribution in [0.5, 0.6) is 11.5 Å². The van der Waals surface area contributed by atoms with Gasteiger partial charge in [-0.2, -0.15) is 0 Å². The lowest BCUT2D eigenvalue weighted by Gasteiger charge is -2.10. The number of methoxy groups -OCH3 is 2. The van der Waals surface area contributed by atoms with Gasteiger partial charge in [0.15, 0.2) is 16.6 Å². The van der Waals surface area contributed by atoms with Crippen molar-refractivity contribution in [2.45, 2.75) is 0 Å².